The molecular formula is C20H29N3O3. The fourth-order valence-corrected chi connectivity index (χ4v) is 3.71. The van der Waals surface area contributed by atoms with Crippen molar-refractivity contribution in [2.75, 3.05) is 39.3 Å². The summed E-state index contributed by atoms with van der Waals surface area (Å²) in [5.41, 5.74) is 0. The number of benzene rings is 1. The summed E-state index contributed by atoms with van der Waals surface area (Å²) in [6.07, 6.45) is 1.91. The van der Waals surface area contributed by atoms with Gasteiger partial charge in [-0.3, -0.25) is 9.59 Å². The minimum Gasteiger partial charge on any atom is -0.493 e. The lowest BCUT2D eigenvalue weighted by atomic mass is 9.94. The molecule has 0 radical (unpaired) electrons. The van der Waals surface area contributed by atoms with E-state index in [9.17, 15) is 9.59 Å². The van der Waals surface area contributed by atoms with Gasteiger partial charge in [-0.15, -0.1) is 0 Å². The average molecular weight is 359 g/mol. The second-order valence-corrected chi connectivity index (χ2v) is 7.15. The van der Waals surface area contributed by atoms with Crippen molar-refractivity contribution in [3.63, 3.8) is 0 Å². The quantitative estimate of drug-likeness (QED) is 0.866. The Morgan fingerprint density at radius 2 is 1.88 bits per heavy atom. The molecule has 2 saturated heterocycles. The van der Waals surface area contributed by atoms with Crippen LogP contribution in [0, 0.1) is 5.92 Å². The summed E-state index contributed by atoms with van der Waals surface area (Å²) < 4.78 is 5.60. The first-order valence-corrected chi connectivity index (χ1v) is 9.62. The Kier molecular flexibility index (Phi) is 6.50. The van der Waals surface area contributed by atoms with Crippen molar-refractivity contribution in [3.8, 4) is 5.75 Å². The zero-order chi connectivity index (χ0) is 18.4. The second kappa shape index (κ2) is 9.03. The number of para-hydroxylation sites is 1. The van der Waals surface area contributed by atoms with E-state index < -0.39 is 0 Å². The Morgan fingerprint density at radius 3 is 2.58 bits per heavy atom. The highest BCUT2D eigenvalue weighted by Gasteiger charge is 2.32. The van der Waals surface area contributed by atoms with Gasteiger partial charge in [0.25, 0.3) is 0 Å². The molecule has 0 aromatic heterocycles. The third kappa shape index (κ3) is 4.75. The summed E-state index contributed by atoms with van der Waals surface area (Å²) in [6, 6.07) is 9.80. The Bertz CT molecular complexity index is 600. The molecule has 6 heteroatoms. The molecule has 0 spiro atoms. The summed E-state index contributed by atoms with van der Waals surface area (Å²) >= 11 is 0. The van der Waals surface area contributed by atoms with Gasteiger partial charge in [-0.2, -0.15) is 0 Å². The Labute approximate surface area is 155 Å². The van der Waals surface area contributed by atoms with Crippen LogP contribution in [0.2, 0.25) is 0 Å². The number of nitrogens with zero attached hydrogens (tertiary/aromatic N) is 2. The zero-order valence-electron chi connectivity index (χ0n) is 15.5. The van der Waals surface area contributed by atoms with Crippen molar-refractivity contribution >= 4 is 11.8 Å². The molecule has 3 rings (SSSR count). The van der Waals surface area contributed by atoms with Crippen LogP contribution in [-0.2, 0) is 9.59 Å². The molecule has 0 bridgehead atoms. The zero-order valence-corrected chi connectivity index (χ0v) is 15.5. The highest BCUT2D eigenvalue weighted by molar-refractivity contribution is 5.80. The largest absolute Gasteiger partial charge is 0.493 e. The predicted octanol–water partition coefficient (Wildman–Crippen LogP) is 1.51. The summed E-state index contributed by atoms with van der Waals surface area (Å²) in [5, 5.41) is 3.32. The minimum atomic E-state index is 0.0557. The van der Waals surface area contributed by atoms with Gasteiger partial charge < -0.3 is 19.9 Å². The topological polar surface area (TPSA) is 61.9 Å². The normalized spacial score (nSPS) is 21.5. The van der Waals surface area contributed by atoms with Gasteiger partial charge in [0.2, 0.25) is 11.8 Å². The van der Waals surface area contributed by atoms with E-state index in [1.807, 2.05) is 40.1 Å². The monoisotopic (exact) mass is 359 g/mol. The van der Waals surface area contributed by atoms with Gasteiger partial charge in [0.15, 0.2) is 0 Å². The lowest BCUT2D eigenvalue weighted by Crippen LogP contribution is -2.55. The molecular weight excluding hydrogens is 330 g/mol. The first-order chi connectivity index (χ1) is 12.6. The minimum absolute atomic E-state index is 0.0557. The van der Waals surface area contributed by atoms with Crippen LogP contribution in [0.1, 0.15) is 26.2 Å². The smallest absolute Gasteiger partial charge is 0.226 e. The van der Waals surface area contributed by atoms with Crippen molar-refractivity contribution in [1.29, 1.82) is 0 Å². The van der Waals surface area contributed by atoms with Crippen LogP contribution >= 0.6 is 0 Å². The number of amides is 2. The van der Waals surface area contributed by atoms with E-state index in [0.29, 0.717) is 26.1 Å². The van der Waals surface area contributed by atoms with Crippen molar-refractivity contribution in [1.82, 2.24) is 15.1 Å². The Hall–Kier alpha value is -2.08. The number of carbonyl (C=O) groups is 2. The molecule has 0 saturated carbocycles. The molecule has 6 nitrogen and oxygen atoms in total. The average Bonchev–Trinajstić information content (AvgIpc) is 2.69. The van der Waals surface area contributed by atoms with Gasteiger partial charge in [-0.1, -0.05) is 18.2 Å². The molecule has 0 aliphatic carbocycles. The highest BCUT2D eigenvalue weighted by Crippen LogP contribution is 2.22. The SMILES string of the molecule is CC1CNCCN1C(=O)C1CCN(C(=O)CCOc2ccccc2)CC1. The number of hydrogen-bond donors (Lipinski definition) is 1. The number of rotatable bonds is 5. The summed E-state index contributed by atoms with van der Waals surface area (Å²) in [6.45, 7) is 6.34. The van der Waals surface area contributed by atoms with Gasteiger partial charge >= 0.3 is 0 Å². The number of ether oxygens (including phenoxy) is 1. The molecule has 2 fully saturated rings. The van der Waals surface area contributed by atoms with E-state index in [4.69, 9.17) is 4.74 Å². The molecule has 1 atom stereocenters. The molecule has 2 aliphatic heterocycles. The van der Waals surface area contributed by atoms with Gasteiger partial charge in [0.05, 0.1) is 13.0 Å². The van der Waals surface area contributed by atoms with Gasteiger partial charge in [0, 0.05) is 44.7 Å². The van der Waals surface area contributed by atoms with Gasteiger partial charge in [-0.05, 0) is 31.9 Å². The maximum atomic E-state index is 12.7. The van der Waals surface area contributed by atoms with E-state index in [1.165, 1.54) is 0 Å². The van der Waals surface area contributed by atoms with Gasteiger partial charge in [0.1, 0.15) is 5.75 Å². The molecule has 26 heavy (non-hydrogen) atoms. The number of nitrogens with one attached hydrogen (secondary N) is 1. The summed E-state index contributed by atoms with van der Waals surface area (Å²) in [5.74, 6) is 1.22. The summed E-state index contributed by atoms with van der Waals surface area (Å²) in [4.78, 5) is 29.0. The van der Waals surface area contributed by atoms with E-state index in [-0.39, 0.29) is 23.8 Å². The van der Waals surface area contributed by atoms with E-state index in [2.05, 4.69) is 12.2 Å². The maximum absolute atomic E-state index is 12.7. The molecule has 1 aromatic rings. The molecule has 1 aromatic carbocycles. The van der Waals surface area contributed by atoms with Crippen LogP contribution in [0.25, 0.3) is 0 Å². The van der Waals surface area contributed by atoms with E-state index >= 15 is 0 Å². The fourth-order valence-electron chi connectivity index (χ4n) is 3.71. The lowest BCUT2D eigenvalue weighted by Gasteiger charge is -2.39. The third-order valence-corrected chi connectivity index (χ3v) is 5.31. The van der Waals surface area contributed by atoms with Crippen LogP contribution in [0.5, 0.6) is 5.75 Å². The first kappa shape index (κ1) is 18.7. The number of likely N-dealkylation sites (tertiary alicyclic amines) is 1. The lowest BCUT2D eigenvalue weighted by molar-refractivity contribution is -0.143. The third-order valence-electron chi connectivity index (χ3n) is 5.31. The van der Waals surface area contributed by atoms with E-state index in [0.717, 1.165) is 38.2 Å². The molecule has 2 amide bonds. The number of carbonyl (C=O) groups excluding carboxylic acids is 2. The standard InChI is InChI=1S/C20H29N3O3/c1-16-15-21-10-13-23(16)20(25)17-7-11-22(12-8-17)19(24)9-14-26-18-5-3-2-4-6-18/h2-6,16-17,21H,7-15H2,1H3. The predicted molar refractivity (Wildman–Crippen MR) is 99.9 cm³/mol. The number of piperazine rings is 1. The van der Waals surface area contributed by atoms with Crippen molar-refractivity contribution in [2.24, 2.45) is 5.92 Å². The fraction of sp³-hybridized carbons (Fsp3) is 0.600. The Morgan fingerprint density at radius 1 is 1.15 bits per heavy atom. The van der Waals surface area contributed by atoms with Gasteiger partial charge in [-0.25, -0.2) is 0 Å². The highest BCUT2D eigenvalue weighted by atomic mass is 16.5. The second-order valence-electron chi connectivity index (χ2n) is 7.15. The molecule has 2 heterocycles. The van der Waals surface area contributed by atoms with Crippen LogP contribution in [0.4, 0.5) is 0 Å². The van der Waals surface area contributed by atoms with Crippen LogP contribution in [0.15, 0.2) is 30.3 Å². The van der Waals surface area contributed by atoms with Crippen LogP contribution in [0.3, 0.4) is 0 Å². The molecule has 1 N–H and O–H groups in total. The number of piperidine rings is 1. The molecule has 142 valence electrons. The van der Waals surface area contributed by atoms with Crippen molar-refractivity contribution in [2.45, 2.75) is 32.2 Å². The van der Waals surface area contributed by atoms with Crippen LogP contribution in [-0.4, -0.2) is 67.0 Å². The molecule has 2 aliphatic rings. The van der Waals surface area contributed by atoms with Crippen molar-refractivity contribution in [3.05, 3.63) is 30.3 Å². The summed E-state index contributed by atoms with van der Waals surface area (Å²) in [7, 11) is 0. The molecule has 1 unspecified atom stereocenters. The van der Waals surface area contributed by atoms with E-state index in [1.54, 1.807) is 0 Å². The first-order valence-electron chi connectivity index (χ1n) is 9.62. The maximum Gasteiger partial charge on any atom is 0.226 e. The Balaban J connectivity index is 1.40. The van der Waals surface area contributed by atoms with Crippen LogP contribution < -0.4 is 10.1 Å². The van der Waals surface area contributed by atoms with Crippen molar-refractivity contribution < 1.29 is 14.3 Å². The number of hydrogen-bond acceptors (Lipinski definition) is 4.